The SMILES string of the molecule is COC1(O)C2c3c(cc(C(C)(C)C)c4ccccc34)-c3c4c(nc[n+]3C21)oc1c2cccc(CC(C)C)c2ccc14. The maximum absolute atomic E-state index is 11.8. The van der Waals surface area contributed by atoms with Gasteiger partial charge in [-0.05, 0) is 67.7 Å². The van der Waals surface area contributed by atoms with E-state index in [4.69, 9.17) is 14.1 Å². The third kappa shape index (κ3) is 3.25. The van der Waals surface area contributed by atoms with Crippen molar-refractivity contribution < 1.29 is 18.8 Å². The molecule has 3 heterocycles. The van der Waals surface area contributed by atoms with Gasteiger partial charge in [-0.1, -0.05) is 83.1 Å². The summed E-state index contributed by atoms with van der Waals surface area (Å²) in [5.74, 6) is -0.925. The van der Waals surface area contributed by atoms with E-state index >= 15 is 0 Å². The number of fused-ring (bicyclic) bond motifs is 14. The lowest BCUT2D eigenvalue weighted by Crippen LogP contribution is -2.41. The second-order valence-electron chi connectivity index (χ2n) is 13.4. The van der Waals surface area contributed by atoms with Gasteiger partial charge in [-0.15, -0.1) is 0 Å². The molecule has 0 saturated heterocycles. The zero-order valence-electron chi connectivity index (χ0n) is 24.4. The number of hydrogen-bond acceptors (Lipinski definition) is 4. The average Bonchev–Trinajstić information content (AvgIpc) is 3.38. The van der Waals surface area contributed by atoms with E-state index in [1.54, 1.807) is 7.11 Å². The van der Waals surface area contributed by atoms with Gasteiger partial charge in [0, 0.05) is 23.4 Å². The minimum Gasteiger partial charge on any atom is -0.418 e. The molecule has 1 aliphatic carbocycles. The molecule has 1 N–H and O–H groups in total. The Bertz CT molecular complexity index is 2070. The van der Waals surface area contributed by atoms with Crippen molar-refractivity contribution in [2.75, 3.05) is 7.11 Å². The van der Waals surface area contributed by atoms with Gasteiger partial charge in [0.2, 0.25) is 5.79 Å². The Morgan fingerprint density at radius 3 is 2.44 bits per heavy atom. The molecule has 0 spiro atoms. The van der Waals surface area contributed by atoms with Crippen LogP contribution in [-0.4, -0.2) is 23.0 Å². The van der Waals surface area contributed by atoms with Crippen LogP contribution in [0.2, 0.25) is 0 Å². The van der Waals surface area contributed by atoms with Gasteiger partial charge in [-0.3, -0.25) is 0 Å². The fourth-order valence-corrected chi connectivity index (χ4v) is 7.55. The Hall–Kier alpha value is -3.80. The zero-order chi connectivity index (χ0) is 28.4. The smallest absolute Gasteiger partial charge is 0.345 e. The Morgan fingerprint density at radius 1 is 0.976 bits per heavy atom. The van der Waals surface area contributed by atoms with Crippen LogP contribution in [0.25, 0.3) is 54.9 Å². The van der Waals surface area contributed by atoms with Gasteiger partial charge in [-0.25, -0.2) is 4.57 Å². The molecule has 206 valence electrons. The summed E-state index contributed by atoms with van der Waals surface area (Å²) >= 11 is 0. The Kier molecular flexibility index (Phi) is 4.96. The van der Waals surface area contributed by atoms with Gasteiger partial charge >= 0.3 is 5.71 Å². The molecule has 41 heavy (non-hydrogen) atoms. The number of methoxy groups -OCH3 is 1. The molecule has 3 unspecified atom stereocenters. The monoisotopic (exact) mass is 543 g/mol. The van der Waals surface area contributed by atoms with Gasteiger partial charge in [-0.2, -0.15) is 0 Å². The first kappa shape index (κ1) is 25.0. The molecule has 1 saturated carbocycles. The molecule has 0 bridgehead atoms. The van der Waals surface area contributed by atoms with Crippen LogP contribution in [-0.2, 0) is 16.6 Å². The molecule has 6 aromatic rings. The van der Waals surface area contributed by atoms with E-state index in [2.05, 4.69) is 99.8 Å². The average molecular weight is 544 g/mol. The number of aliphatic hydroxyl groups is 1. The van der Waals surface area contributed by atoms with Crippen LogP contribution in [0, 0.1) is 5.92 Å². The molecule has 4 aromatic carbocycles. The first-order valence-electron chi connectivity index (χ1n) is 14.6. The second kappa shape index (κ2) is 8.15. The predicted molar refractivity (Wildman–Crippen MR) is 163 cm³/mol. The van der Waals surface area contributed by atoms with Crippen LogP contribution >= 0.6 is 0 Å². The summed E-state index contributed by atoms with van der Waals surface area (Å²) in [4.78, 5) is 4.82. The predicted octanol–water partition coefficient (Wildman–Crippen LogP) is 7.72. The molecule has 2 aliphatic rings. The number of rotatable bonds is 3. The van der Waals surface area contributed by atoms with E-state index in [0.717, 1.165) is 45.0 Å². The molecular weight excluding hydrogens is 508 g/mol. The molecule has 5 heteroatoms. The summed E-state index contributed by atoms with van der Waals surface area (Å²) in [6.07, 6.45) is 2.84. The summed E-state index contributed by atoms with van der Waals surface area (Å²) < 4.78 is 14.6. The molecule has 0 radical (unpaired) electrons. The van der Waals surface area contributed by atoms with E-state index in [1.807, 2.05) is 6.33 Å². The van der Waals surface area contributed by atoms with E-state index in [0.29, 0.717) is 11.6 Å². The molecule has 1 aliphatic heterocycles. The lowest BCUT2D eigenvalue weighted by atomic mass is 9.79. The van der Waals surface area contributed by atoms with Gasteiger partial charge in [0.25, 0.3) is 6.33 Å². The molecular formula is C36H35N2O3+. The van der Waals surface area contributed by atoms with Gasteiger partial charge < -0.3 is 14.3 Å². The maximum Gasteiger partial charge on any atom is 0.345 e. The van der Waals surface area contributed by atoms with E-state index in [1.165, 1.54) is 27.3 Å². The summed E-state index contributed by atoms with van der Waals surface area (Å²) in [6.45, 7) is 11.3. The fourth-order valence-electron chi connectivity index (χ4n) is 7.55. The number of hydrogen-bond donors (Lipinski definition) is 1. The normalized spacial score (nSPS) is 21.6. The van der Waals surface area contributed by atoms with Crippen molar-refractivity contribution in [2.24, 2.45) is 5.92 Å². The molecule has 2 aromatic heterocycles. The third-order valence-electron chi connectivity index (χ3n) is 9.37. The number of ether oxygens (including phenoxy) is 1. The molecule has 8 rings (SSSR count). The fraction of sp³-hybridized carbons (Fsp3) is 0.333. The Balaban J connectivity index is 1.52. The second-order valence-corrected chi connectivity index (χ2v) is 13.4. The summed E-state index contributed by atoms with van der Waals surface area (Å²) in [5.41, 5.74) is 7.31. The molecule has 3 atom stereocenters. The van der Waals surface area contributed by atoms with Crippen LogP contribution in [0.15, 0.2) is 71.4 Å². The highest BCUT2D eigenvalue weighted by Crippen LogP contribution is 2.65. The minimum absolute atomic E-state index is 0.0783. The van der Waals surface area contributed by atoms with Crippen LogP contribution in [0.1, 0.15) is 63.3 Å². The van der Waals surface area contributed by atoms with Crippen molar-refractivity contribution in [1.82, 2.24) is 4.98 Å². The maximum atomic E-state index is 11.8. The van der Waals surface area contributed by atoms with Gasteiger partial charge in [0.1, 0.15) is 11.0 Å². The van der Waals surface area contributed by atoms with Crippen LogP contribution < -0.4 is 4.57 Å². The topological polar surface area (TPSA) is 59.4 Å². The summed E-state index contributed by atoms with van der Waals surface area (Å²) in [6, 6.07) is 21.6. The zero-order valence-corrected chi connectivity index (χ0v) is 24.4. The van der Waals surface area contributed by atoms with Crippen molar-refractivity contribution >= 4 is 43.6 Å². The van der Waals surface area contributed by atoms with Crippen molar-refractivity contribution in [3.63, 3.8) is 0 Å². The van der Waals surface area contributed by atoms with Crippen molar-refractivity contribution in [3.8, 4) is 11.3 Å². The first-order valence-corrected chi connectivity index (χ1v) is 14.6. The van der Waals surface area contributed by atoms with E-state index < -0.39 is 5.79 Å². The van der Waals surface area contributed by atoms with Crippen molar-refractivity contribution in [3.05, 3.63) is 83.7 Å². The molecule has 0 amide bonds. The number of nitrogens with zero attached hydrogens (tertiary/aromatic N) is 2. The quantitative estimate of drug-likeness (QED) is 0.183. The Labute approximate surface area is 239 Å². The summed E-state index contributed by atoms with van der Waals surface area (Å²) in [5, 5.41) is 18.5. The van der Waals surface area contributed by atoms with Crippen molar-refractivity contribution in [1.29, 1.82) is 0 Å². The van der Waals surface area contributed by atoms with Crippen LogP contribution in [0.5, 0.6) is 0 Å². The number of aromatic nitrogens is 2. The van der Waals surface area contributed by atoms with Gasteiger partial charge in [0.05, 0.1) is 5.92 Å². The Morgan fingerprint density at radius 2 is 1.71 bits per heavy atom. The minimum atomic E-state index is -1.30. The van der Waals surface area contributed by atoms with Crippen LogP contribution in [0.3, 0.4) is 0 Å². The first-order chi connectivity index (χ1) is 19.6. The lowest BCUT2D eigenvalue weighted by molar-refractivity contribution is -0.704. The molecule has 1 fully saturated rings. The van der Waals surface area contributed by atoms with Crippen molar-refractivity contribution in [2.45, 2.75) is 64.2 Å². The highest BCUT2D eigenvalue weighted by atomic mass is 16.6. The highest BCUT2D eigenvalue weighted by molar-refractivity contribution is 6.18. The lowest BCUT2D eigenvalue weighted by Gasteiger charge is -2.26. The van der Waals surface area contributed by atoms with Gasteiger partial charge in [0.15, 0.2) is 11.7 Å². The number of furan rings is 1. The van der Waals surface area contributed by atoms with E-state index in [9.17, 15) is 5.11 Å². The standard InChI is InChI=1S/C36H35N2O3/c1-19(2)16-20-10-9-13-24-21(20)14-15-25-29-31-26-17-27(35(3,4)5)22-11-7-8-12-23(22)28(26)30-33(36(30,39)40-6)38(31)18-37-34(29)41-32(24)25/h7-15,17-19,30,33,39H,16H2,1-6H3/q+1. The molecule has 5 nitrogen and oxygen atoms in total. The highest BCUT2D eigenvalue weighted by Gasteiger charge is 2.74. The van der Waals surface area contributed by atoms with E-state index in [-0.39, 0.29) is 17.4 Å². The number of benzene rings is 4. The third-order valence-corrected chi connectivity index (χ3v) is 9.37. The summed E-state index contributed by atoms with van der Waals surface area (Å²) in [7, 11) is 1.60. The largest absolute Gasteiger partial charge is 0.418 e. The van der Waals surface area contributed by atoms with Crippen LogP contribution in [0.4, 0.5) is 0 Å².